The van der Waals surface area contributed by atoms with Crippen LogP contribution in [0.1, 0.15) is 12.8 Å². The van der Waals surface area contributed by atoms with Gasteiger partial charge in [-0.15, -0.1) is 0 Å². The fraction of sp³-hybridized carbons (Fsp3) is 0.143. The summed E-state index contributed by atoms with van der Waals surface area (Å²) >= 11 is 0. The highest BCUT2D eigenvalue weighted by Gasteiger charge is 2.13. The van der Waals surface area contributed by atoms with Crippen LogP contribution in [0.4, 0.5) is 5.69 Å². The lowest BCUT2D eigenvalue weighted by Crippen LogP contribution is -2.01. The predicted octanol–water partition coefficient (Wildman–Crippen LogP) is 4.80. The highest BCUT2D eigenvalue weighted by molar-refractivity contribution is 5.88. The van der Waals surface area contributed by atoms with Crippen molar-refractivity contribution in [2.75, 3.05) is 6.61 Å². The van der Waals surface area contributed by atoms with Crippen molar-refractivity contribution in [1.82, 2.24) is 4.98 Å². The van der Waals surface area contributed by atoms with Crippen molar-refractivity contribution < 1.29 is 24.0 Å². The molecule has 8 nitrogen and oxygen atoms in total. The monoisotopic (exact) mass is 392 g/mol. The van der Waals surface area contributed by atoms with E-state index < -0.39 is 10.9 Å². The van der Waals surface area contributed by atoms with E-state index in [-0.39, 0.29) is 12.1 Å². The van der Waals surface area contributed by atoms with Crippen LogP contribution in [0, 0.1) is 10.1 Å². The van der Waals surface area contributed by atoms with E-state index in [1.54, 1.807) is 6.07 Å². The molecule has 0 fully saturated rings. The Morgan fingerprint density at radius 1 is 1.10 bits per heavy atom. The first-order chi connectivity index (χ1) is 14.0. The van der Waals surface area contributed by atoms with Crippen LogP contribution in [0.2, 0.25) is 0 Å². The van der Waals surface area contributed by atoms with Crippen LogP contribution in [0.15, 0.2) is 59.0 Å². The molecule has 0 aliphatic carbocycles. The van der Waals surface area contributed by atoms with E-state index >= 15 is 0 Å². The third-order valence-electron chi connectivity index (χ3n) is 4.45. The number of aromatic nitrogens is 1. The van der Waals surface area contributed by atoms with Crippen LogP contribution in [-0.2, 0) is 4.79 Å². The Bertz CT molecular complexity index is 1230. The molecule has 4 aromatic rings. The number of nitro groups is 1. The van der Waals surface area contributed by atoms with Crippen LogP contribution in [0.5, 0.6) is 5.75 Å². The van der Waals surface area contributed by atoms with Crippen molar-refractivity contribution in [1.29, 1.82) is 0 Å². The van der Waals surface area contributed by atoms with Gasteiger partial charge in [0.15, 0.2) is 5.58 Å². The molecule has 8 heteroatoms. The van der Waals surface area contributed by atoms with E-state index in [9.17, 15) is 14.9 Å². The normalized spacial score (nSPS) is 11.0. The van der Waals surface area contributed by atoms with E-state index in [0.29, 0.717) is 35.8 Å². The van der Waals surface area contributed by atoms with Crippen molar-refractivity contribution in [3.63, 3.8) is 0 Å². The Morgan fingerprint density at radius 2 is 1.90 bits per heavy atom. The van der Waals surface area contributed by atoms with Gasteiger partial charge in [0.1, 0.15) is 11.3 Å². The van der Waals surface area contributed by atoms with Crippen LogP contribution in [0.25, 0.3) is 33.3 Å². The van der Waals surface area contributed by atoms with Gasteiger partial charge in [-0.1, -0.05) is 12.1 Å². The fourth-order valence-electron chi connectivity index (χ4n) is 3.01. The van der Waals surface area contributed by atoms with E-state index in [1.165, 1.54) is 12.1 Å². The number of carbonyl (C=O) groups is 1. The number of fused-ring (bicyclic) bond motifs is 2. The minimum Gasteiger partial charge on any atom is -0.494 e. The van der Waals surface area contributed by atoms with E-state index in [4.69, 9.17) is 14.3 Å². The Hall–Kier alpha value is -3.94. The van der Waals surface area contributed by atoms with Crippen LogP contribution < -0.4 is 4.74 Å². The van der Waals surface area contributed by atoms with Gasteiger partial charge in [0, 0.05) is 18.1 Å². The van der Waals surface area contributed by atoms with E-state index in [1.807, 2.05) is 36.4 Å². The van der Waals surface area contributed by atoms with E-state index in [0.717, 1.165) is 16.3 Å². The van der Waals surface area contributed by atoms with Crippen molar-refractivity contribution in [3.8, 4) is 17.2 Å². The third-order valence-corrected chi connectivity index (χ3v) is 4.45. The number of carboxylic acids is 1. The van der Waals surface area contributed by atoms with Crippen molar-refractivity contribution in [3.05, 3.63) is 64.7 Å². The lowest BCUT2D eigenvalue weighted by Gasteiger charge is -2.07. The molecule has 0 saturated carbocycles. The molecule has 0 aliphatic rings. The molecule has 0 unspecified atom stereocenters. The second-order valence-electron chi connectivity index (χ2n) is 6.50. The number of ether oxygens (including phenoxy) is 1. The van der Waals surface area contributed by atoms with Crippen molar-refractivity contribution in [2.24, 2.45) is 0 Å². The van der Waals surface area contributed by atoms with Gasteiger partial charge in [-0.3, -0.25) is 14.9 Å². The summed E-state index contributed by atoms with van der Waals surface area (Å²) in [6.45, 7) is 0.338. The molecule has 0 amide bonds. The maximum atomic E-state index is 10.9. The SMILES string of the molecule is O=C(O)CCCOc1ccc2cc(-c3nc4ccc([N+](=O)[O-])cc4o3)ccc2c1. The molecule has 146 valence electrons. The number of benzene rings is 3. The summed E-state index contributed by atoms with van der Waals surface area (Å²) in [5, 5.41) is 21.5. The summed E-state index contributed by atoms with van der Waals surface area (Å²) in [5.41, 5.74) is 1.62. The number of rotatable bonds is 7. The zero-order chi connectivity index (χ0) is 20.4. The van der Waals surface area contributed by atoms with Crippen molar-refractivity contribution in [2.45, 2.75) is 12.8 Å². The lowest BCUT2D eigenvalue weighted by molar-refractivity contribution is -0.384. The second kappa shape index (κ2) is 7.59. The van der Waals surface area contributed by atoms with Crippen LogP contribution in [0.3, 0.4) is 0 Å². The summed E-state index contributed by atoms with van der Waals surface area (Å²) in [6, 6.07) is 15.6. The summed E-state index contributed by atoms with van der Waals surface area (Å²) in [4.78, 5) is 25.4. The number of non-ortho nitro benzene ring substituents is 1. The van der Waals surface area contributed by atoms with Gasteiger partial charge >= 0.3 is 5.97 Å². The largest absolute Gasteiger partial charge is 0.494 e. The third kappa shape index (κ3) is 4.01. The van der Waals surface area contributed by atoms with Gasteiger partial charge in [-0.2, -0.15) is 0 Å². The molecule has 1 N–H and O–H groups in total. The number of hydrogen-bond acceptors (Lipinski definition) is 6. The van der Waals surface area contributed by atoms with Gasteiger partial charge in [-0.05, 0) is 47.5 Å². The highest BCUT2D eigenvalue weighted by Crippen LogP contribution is 2.30. The molecule has 0 aliphatic heterocycles. The number of nitro benzene ring substituents is 1. The molecular formula is C21H16N2O6. The van der Waals surface area contributed by atoms with Gasteiger partial charge < -0.3 is 14.3 Å². The fourth-order valence-corrected chi connectivity index (χ4v) is 3.01. The molecule has 0 bridgehead atoms. The lowest BCUT2D eigenvalue weighted by atomic mass is 10.1. The molecular weight excluding hydrogens is 376 g/mol. The molecule has 1 aromatic heterocycles. The van der Waals surface area contributed by atoms with Crippen LogP contribution >= 0.6 is 0 Å². The van der Waals surface area contributed by atoms with E-state index in [2.05, 4.69) is 4.98 Å². The number of hydrogen-bond donors (Lipinski definition) is 1. The molecule has 0 spiro atoms. The molecule has 1 heterocycles. The zero-order valence-corrected chi connectivity index (χ0v) is 15.2. The smallest absolute Gasteiger partial charge is 0.303 e. The quantitative estimate of drug-likeness (QED) is 0.273. The predicted molar refractivity (Wildman–Crippen MR) is 106 cm³/mol. The molecule has 0 saturated heterocycles. The van der Waals surface area contributed by atoms with Crippen molar-refractivity contribution >= 4 is 33.5 Å². The molecule has 3 aromatic carbocycles. The maximum absolute atomic E-state index is 10.9. The molecule has 0 atom stereocenters. The Kier molecular flexibility index (Phi) is 4.82. The maximum Gasteiger partial charge on any atom is 0.303 e. The summed E-state index contributed by atoms with van der Waals surface area (Å²) in [7, 11) is 0. The summed E-state index contributed by atoms with van der Waals surface area (Å²) in [6.07, 6.45) is 0.521. The molecule has 29 heavy (non-hydrogen) atoms. The Balaban J connectivity index is 1.57. The molecule has 0 radical (unpaired) electrons. The number of oxazole rings is 1. The average Bonchev–Trinajstić information content (AvgIpc) is 3.14. The topological polar surface area (TPSA) is 116 Å². The second-order valence-corrected chi connectivity index (χ2v) is 6.50. The van der Waals surface area contributed by atoms with Gasteiger partial charge in [0.2, 0.25) is 5.89 Å². The van der Waals surface area contributed by atoms with Gasteiger partial charge in [0.25, 0.3) is 5.69 Å². The van der Waals surface area contributed by atoms with Crippen LogP contribution in [-0.4, -0.2) is 27.6 Å². The Labute approximate surface area is 164 Å². The first-order valence-corrected chi connectivity index (χ1v) is 8.93. The first-order valence-electron chi connectivity index (χ1n) is 8.93. The number of carboxylic acid groups (broad SMARTS) is 1. The number of aliphatic carboxylic acids is 1. The standard InChI is InChI=1S/C21H16N2O6/c24-20(25)2-1-9-28-17-7-5-13-10-15(4-3-14(13)11-17)21-22-18-8-6-16(23(26)27)12-19(18)29-21/h3-8,10-12H,1-2,9H2,(H,24,25). The molecule has 4 rings (SSSR count). The first kappa shape index (κ1) is 18.4. The minimum absolute atomic E-state index is 0.0467. The minimum atomic E-state index is -0.839. The van der Waals surface area contributed by atoms with Gasteiger partial charge in [0.05, 0.1) is 17.6 Å². The number of nitrogens with zero attached hydrogens (tertiary/aromatic N) is 2. The van der Waals surface area contributed by atoms with Gasteiger partial charge in [-0.25, -0.2) is 4.98 Å². The zero-order valence-electron chi connectivity index (χ0n) is 15.2. The average molecular weight is 392 g/mol. The Morgan fingerprint density at radius 3 is 2.69 bits per heavy atom. The highest BCUT2D eigenvalue weighted by atomic mass is 16.6. The summed E-state index contributed by atoms with van der Waals surface area (Å²) < 4.78 is 11.3. The summed E-state index contributed by atoms with van der Waals surface area (Å²) in [5.74, 6) is 0.217.